The Morgan fingerprint density at radius 2 is 1.46 bits per heavy atom. The molecule has 0 aliphatic carbocycles. The van der Waals surface area contributed by atoms with E-state index in [1.54, 1.807) is 40.9 Å². The molecule has 17 heteroatoms. The van der Waals surface area contributed by atoms with Gasteiger partial charge in [0.25, 0.3) is 0 Å². The fourth-order valence-electron chi connectivity index (χ4n) is 3.39. The highest BCUT2D eigenvalue weighted by Gasteiger charge is 2.28. The van der Waals surface area contributed by atoms with Crippen molar-refractivity contribution in [3.8, 4) is 0 Å². The maximum atomic E-state index is 11.5. The van der Waals surface area contributed by atoms with Crippen molar-refractivity contribution in [3.05, 3.63) is 45.5 Å². The Balaban J connectivity index is 0.000000165. The first-order valence-electron chi connectivity index (χ1n) is 11.8. The zero-order chi connectivity index (χ0) is 28.5. The van der Waals surface area contributed by atoms with E-state index in [0.717, 1.165) is 0 Å². The van der Waals surface area contributed by atoms with Gasteiger partial charge in [0.15, 0.2) is 5.44 Å². The summed E-state index contributed by atoms with van der Waals surface area (Å²) in [6, 6.07) is 3.18. The number of hydrogen-bond donors (Lipinski definition) is 3. The summed E-state index contributed by atoms with van der Waals surface area (Å²) in [7, 11) is 0. The number of hydrogen-bond acceptors (Lipinski definition) is 15. The summed E-state index contributed by atoms with van der Waals surface area (Å²) < 4.78 is 23.6. The molecule has 5 N–H and O–H groups in total. The second kappa shape index (κ2) is 14.9. The van der Waals surface area contributed by atoms with Gasteiger partial charge in [-0.1, -0.05) is 11.8 Å². The molecule has 0 aromatic carbocycles. The van der Waals surface area contributed by atoms with Crippen LogP contribution in [0.5, 0.6) is 0 Å². The molecule has 39 heavy (non-hydrogen) atoms. The summed E-state index contributed by atoms with van der Waals surface area (Å²) in [6.45, 7) is 6.70. The molecular weight excluding hydrogens is 572 g/mol. The lowest BCUT2D eigenvalue weighted by Crippen LogP contribution is -2.26. The first-order valence-corrected chi connectivity index (χ1v) is 14.7. The number of rotatable bonds is 4. The number of thioether (sulfide) groups is 3. The largest absolute Gasteiger partial charge is 0.449 e. The van der Waals surface area contributed by atoms with Crippen molar-refractivity contribution < 1.29 is 28.8 Å². The van der Waals surface area contributed by atoms with E-state index in [0.29, 0.717) is 19.8 Å². The molecule has 14 nitrogen and oxygen atoms in total. The molecule has 0 amide bonds. The Bertz CT molecular complexity index is 1220. The Hall–Kier alpha value is -2.28. The summed E-state index contributed by atoms with van der Waals surface area (Å²) >= 11 is 4.52. The quantitative estimate of drug-likeness (QED) is 0.415. The van der Waals surface area contributed by atoms with Gasteiger partial charge in [0.1, 0.15) is 38.7 Å². The van der Waals surface area contributed by atoms with Crippen molar-refractivity contribution in [1.82, 2.24) is 19.1 Å². The van der Waals surface area contributed by atoms with E-state index in [1.165, 1.54) is 35.0 Å². The molecule has 5 heterocycles. The average molecular weight is 605 g/mol. The molecule has 2 aromatic heterocycles. The van der Waals surface area contributed by atoms with Crippen molar-refractivity contribution in [3.63, 3.8) is 0 Å². The number of anilines is 2. The second-order valence-corrected chi connectivity index (χ2v) is 12.5. The van der Waals surface area contributed by atoms with E-state index >= 15 is 0 Å². The highest BCUT2D eigenvalue weighted by Crippen LogP contribution is 2.34. The predicted octanol–water partition coefficient (Wildman–Crippen LogP) is 0.824. The lowest BCUT2D eigenvalue weighted by atomic mass is 10.5. The highest BCUT2D eigenvalue weighted by atomic mass is 32.2. The van der Waals surface area contributed by atoms with Gasteiger partial charge < -0.3 is 35.5 Å². The van der Waals surface area contributed by atoms with E-state index in [9.17, 15) is 14.4 Å². The standard InChI is InChI=1S/C8H11N3O3S.C8H11N3O2S.C6H10O3S/c9-5-1-2-11(8(13)10-5)6-4-14-7(3-12)15-6;1-5-13-4-7(14-5)11-3-2-6(9)10-8(11)12;1-4(7)9-6-3-8-5(2)10-6/h1-2,6-7,12H,3-4H2,(H2,9,10,13);2-3,5,7H,4H2,1H3,(H2,9,10,12);5-6H,3H2,1-2H3. The monoisotopic (exact) mass is 604 g/mol. The van der Waals surface area contributed by atoms with Crippen LogP contribution in [0.3, 0.4) is 0 Å². The smallest absolute Gasteiger partial charge is 0.350 e. The molecule has 3 saturated heterocycles. The molecule has 0 spiro atoms. The number of nitrogens with zero attached hydrogens (tertiary/aromatic N) is 4. The van der Waals surface area contributed by atoms with Gasteiger partial charge in [-0.15, -0.1) is 23.5 Å². The molecule has 0 saturated carbocycles. The lowest BCUT2D eigenvalue weighted by Gasteiger charge is -2.10. The predicted molar refractivity (Wildman–Crippen MR) is 150 cm³/mol. The van der Waals surface area contributed by atoms with E-state index in [4.69, 9.17) is 35.5 Å². The average Bonchev–Trinajstić information content (AvgIpc) is 3.61. The minimum absolute atomic E-state index is 0.0191. The molecule has 6 unspecified atom stereocenters. The van der Waals surface area contributed by atoms with Gasteiger partial charge in [-0.2, -0.15) is 9.97 Å². The maximum absolute atomic E-state index is 11.5. The third kappa shape index (κ3) is 9.70. The van der Waals surface area contributed by atoms with Crippen LogP contribution in [0.15, 0.2) is 34.1 Å². The third-order valence-electron chi connectivity index (χ3n) is 5.14. The van der Waals surface area contributed by atoms with Crippen LogP contribution in [0.4, 0.5) is 11.6 Å². The van der Waals surface area contributed by atoms with Crippen molar-refractivity contribution in [2.24, 2.45) is 0 Å². The van der Waals surface area contributed by atoms with Crippen LogP contribution in [0, 0.1) is 0 Å². The number of aliphatic hydroxyl groups is 1. The minimum atomic E-state index is -0.394. The molecular formula is C22H32N6O8S3. The van der Waals surface area contributed by atoms with Gasteiger partial charge in [0.05, 0.1) is 26.4 Å². The number of aliphatic hydroxyl groups excluding tert-OH is 1. The Morgan fingerprint density at radius 1 is 0.949 bits per heavy atom. The Kier molecular flexibility index (Phi) is 12.0. The molecule has 0 bridgehead atoms. The summed E-state index contributed by atoms with van der Waals surface area (Å²) in [5.74, 6) is 0.220. The SMILES string of the molecule is CC(=O)OC1COC(C)S1.CC1OCC(n2ccc(N)nc2=O)S1.Nc1ccn(C2COC(CO)S2)c(=O)n1. The van der Waals surface area contributed by atoms with Crippen molar-refractivity contribution >= 4 is 52.9 Å². The first kappa shape index (κ1) is 31.3. The van der Waals surface area contributed by atoms with E-state index < -0.39 is 5.69 Å². The number of nitrogens with two attached hydrogens (primary N) is 2. The van der Waals surface area contributed by atoms with Gasteiger partial charge in [-0.3, -0.25) is 13.9 Å². The topological polar surface area (TPSA) is 196 Å². The summed E-state index contributed by atoms with van der Waals surface area (Å²) in [5, 5.41) is 8.76. The Labute approximate surface area is 237 Å². The second-order valence-electron chi connectivity index (χ2n) is 8.19. The van der Waals surface area contributed by atoms with Crippen LogP contribution >= 0.6 is 35.3 Å². The third-order valence-corrected chi connectivity index (χ3v) is 8.65. The number of carbonyl (C=O) groups is 1. The number of nitrogen functional groups attached to an aromatic ring is 2. The van der Waals surface area contributed by atoms with Crippen LogP contribution in [0.1, 0.15) is 31.5 Å². The van der Waals surface area contributed by atoms with Crippen molar-refractivity contribution in [1.29, 1.82) is 0 Å². The first-order chi connectivity index (χ1) is 18.5. The molecule has 3 fully saturated rings. The molecule has 5 rings (SSSR count). The fourth-order valence-corrected chi connectivity index (χ4v) is 6.42. The van der Waals surface area contributed by atoms with Gasteiger partial charge in [-0.05, 0) is 26.0 Å². The molecule has 0 radical (unpaired) electrons. The van der Waals surface area contributed by atoms with Gasteiger partial charge in [-0.25, -0.2) is 9.59 Å². The fraction of sp³-hybridized carbons (Fsp3) is 0.591. The zero-order valence-corrected chi connectivity index (χ0v) is 24.0. The number of aromatic nitrogens is 4. The molecule has 2 aromatic rings. The van der Waals surface area contributed by atoms with Gasteiger partial charge in [0.2, 0.25) is 0 Å². The summed E-state index contributed by atoms with van der Waals surface area (Å²) in [5.41, 5.74) is 9.99. The molecule has 3 aliphatic rings. The van der Waals surface area contributed by atoms with Crippen molar-refractivity contribution in [2.75, 3.05) is 37.9 Å². The van der Waals surface area contributed by atoms with Gasteiger partial charge >= 0.3 is 17.3 Å². The summed E-state index contributed by atoms with van der Waals surface area (Å²) in [6.07, 6.45) is 3.25. The van der Waals surface area contributed by atoms with E-state index in [2.05, 4.69) is 9.97 Å². The number of ether oxygens (including phenoxy) is 4. The lowest BCUT2D eigenvalue weighted by molar-refractivity contribution is -0.143. The van der Waals surface area contributed by atoms with Crippen LogP contribution < -0.4 is 22.8 Å². The van der Waals surface area contributed by atoms with E-state index in [1.807, 2.05) is 13.8 Å². The molecule has 3 aliphatic heterocycles. The number of carbonyl (C=O) groups excluding carboxylic acids is 1. The Morgan fingerprint density at radius 3 is 1.87 bits per heavy atom. The zero-order valence-electron chi connectivity index (χ0n) is 21.6. The van der Waals surface area contributed by atoms with Crippen LogP contribution in [0.25, 0.3) is 0 Å². The number of esters is 1. The van der Waals surface area contributed by atoms with Crippen LogP contribution in [0.2, 0.25) is 0 Å². The van der Waals surface area contributed by atoms with Crippen LogP contribution in [-0.4, -0.2) is 78.3 Å². The molecule has 216 valence electrons. The van der Waals surface area contributed by atoms with E-state index in [-0.39, 0.29) is 62.4 Å². The normalized spacial score (nSPS) is 27.7. The van der Waals surface area contributed by atoms with Gasteiger partial charge in [0, 0.05) is 19.3 Å². The van der Waals surface area contributed by atoms with Crippen LogP contribution in [-0.2, 0) is 23.7 Å². The summed E-state index contributed by atoms with van der Waals surface area (Å²) in [4.78, 5) is 40.6. The van der Waals surface area contributed by atoms with Crippen molar-refractivity contribution in [2.45, 2.75) is 53.3 Å². The maximum Gasteiger partial charge on any atom is 0.350 e. The highest BCUT2D eigenvalue weighted by molar-refractivity contribution is 8.00. The molecule has 6 atom stereocenters. The minimum Gasteiger partial charge on any atom is -0.449 e.